The van der Waals surface area contributed by atoms with E-state index in [1.807, 2.05) is 24.3 Å². The maximum absolute atomic E-state index is 11.7. The summed E-state index contributed by atoms with van der Waals surface area (Å²) in [6, 6.07) is 7.63. The fraction of sp³-hybridized carbons (Fsp3) is 0.500. The van der Waals surface area contributed by atoms with Crippen LogP contribution in [0.25, 0.3) is 0 Å². The molecule has 0 saturated carbocycles. The highest BCUT2D eigenvalue weighted by atomic mass is 79.9. The zero-order valence-corrected chi connectivity index (χ0v) is 13.2. The van der Waals surface area contributed by atoms with Crippen LogP contribution in [0.3, 0.4) is 0 Å². The first-order chi connectivity index (χ1) is 9.57. The number of esters is 1. The van der Waals surface area contributed by atoms with Crippen LogP contribution in [0.2, 0.25) is 0 Å². The van der Waals surface area contributed by atoms with E-state index in [1.165, 1.54) is 7.11 Å². The lowest BCUT2D eigenvalue weighted by molar-refractivity contribution is -0.142. The highest BCUT2D eigenvalue weighted by Crippen LogP contribution is 2.51. The third kappa shape index (κ3) is 2.88. The Morgan fingerprint density at radius 3 is 2.40 bits per heavy atom. The normalized spacial score (nSPS) is 24.8. The highest BCUT2D eigenvalue weighted by Gasteiger charge is 2.63. The molecule has 1 fully saturated rings. The maximum Gasteiger partial charge on any atom is 0.338 e. The molecule has 6 heteroatoms. The molecule has 110 valence electrons. The Morgan fingerprint density at radius 1 is 1.30 bits per heavy atom. The van der Waals surface area contributed by atoms with Gasteiger partial charge in [0.1, 0.15) is 5.60 Å². The van der Waals surface area contributed by atoms with Crippen molar-refractivity contribution < 1.29 is 23.7 Å². The Labute approximate surface area is 126 Å². The molecule has 5 nitrogen and oxygen atoms in total. The van der Waals surface area contributed by atoms with Gasteiger partial charge in [0, 0.05) is 25.1 Å². The van der Waals surface area contributed by atoms with E-state index < -0.39 is 18.0 Å². The van der Waals surface area contributed by atoms with Gasteiger partial charge in [-0.05, 0) is 17.7 Å². The fourth-order valence-electron chi connectivity index (χ4n) is 2.26. The van der Waals surface area contributed by atoms with Gasteiger partial charge >= 0.3 is 5.97 Å². The molecule has 0 bridgehead atoms. The monoisotopic (exact) mass is 344 g/mol. The van der Waals surface area contributed by atoms with Crippen molar-refractivity contribution in [3.63, 3.8) is 0 Å². The lowest BCUT2D eigenvalue weighted by Crippen LogP contribution is -2.27. The first-order valence-corrected chi connectivity index (χ1v) is 6.94. The minimum Gasteiger partial charge on any atom is -0.467 e. The minimum atomic E-state index is -0.746. The van der Waals surface area contributed by atoms with Crippen LogP contribution in [0.1, 0.15) is 12.0 Å². The summed E-state index contributed by atoms with van der Waals surface area (Å²) < 4.78 is 21.8. The minimum absolute atomic E-state index is 0.390. The molecule has 1 heterocycles. The molecule has 2 atom stereocenters. The van der Waals surface area contributed by atoms with Gasteiger partial charge in [-0.2, -0.15) is 0 Å². The molecule has 0 aromatic heterocycles. The second-order valence-corrected chi connectivity index (χ2v) is 5.44. The van der Waals surface area contributed by atoms with Crippen molar-refractivity contribution in [1.82, 2.24) is 0 Å². The number of rotatable bonds is 6. The lowest BCUT2D eigenvalue weighted by Gasteiger charge is -2.19. The molecule has 0 N–H and O–H groups in total. The molecule has 1 aromatic carbocycles. The third-order valence-corrected chi connectivity index (χ3v) is 3.97. The van der Waals surface area contributed by atoms with Crippen LogP contribution >= 0.6 is 15.9 Å². The van der Waals surface area contributed by atoms with E-state index in [1.54, 1.807) is 14.2 Å². The Kier molecular flexibility index (Phi) is 4.80. The summed E-state index contributed by atoms with van der Waals surface area (Å²) >= 11 is 3.39. The molecular formula is C14H17BrO5. The molecule has 0 radical (unpaired) electrons. The quantitative estimate of drug-likeness (QED) is 0.450. The van der Waals surface area contributed by atoms with Crippen LogP contribution in [-0.4, -0.2) is 39.7 Å². The van der Waals surface area contributed by atoms with Gasteiger partial charge in [0.15, 0.2) is 12.4 Å². The van der Waals surface area contributed by atoms with Crippen LogP contribution in [-0.2, 0) is 29.3 Å². The number of methoxy groups -OCH3 is 3. The van der Waals surface area contributed by atoms with Crippen LogP contribution < -0.4 is 0 Å². The van der Waals surface area contributed by atoms with Gasteiger partial charge in [0.05, 0.1) is 7.11 Å². The molecule has 0 amide bonds. The summed E-state index contributed by atoms with van der Waals surface area (Å²) in [5.74, 6) is -0.390. The Hall–Kier alpha value is -0.950. The standard InChI is InChI=1S/C14H17BrO5/c1-17-11(18-2)8-14(12(20-14)13(16)19-3)9-4-6-10(15)7-5-9/h4-7,11-12H,8H2,1-3H3. The molecule has 0 spiro atoms. The predicted molar refractivity (Wildman–Crippen MR) is 75.1 cm³/mol. The van der Waals surface area contributed by atoms with Gasteiger partial charge in [0.2, 0.25) is 0 Å². The summed E-state index contributed by atoms with van der Waals surface area (Å²) in [5.41, 5.74) is 0.153. The summed E-state index contributed by atoms with van der Waals surface area (Å²) in [5, 5.41) is 0. The zero-order valence-electron chi connectivity index (χ0n) is 11.6. The number of carbonyl (C=O) groups excluding carboxylic acids is 1. The number of hydrogen-bond donors (Lipinski definition) is 0. The van der Waals surface area contributed by atoms with E-state index in [9.17, 15) is 4.79 Å². The maximum atomic E-state index is 11.7. The molecule has 20 heavy (non-hydrogen) atoms. The van der Waals surface area contributed by atoms with Crippen molar-refractivity contribution in [3.8, 4) is 0 Å². The summed E-state index contributed by atoms with van der Waals surface area (Å²) in [6.45, 7) is 0. The van der Waals surface area contributed by atoms with Gasteiger partial charge in [-0.3, -0.25) is 0 Å². The van der Waals surface area contributed by atoms with Crippen LogP contribution in [0.4, 0.5) is 0 Å². The van der Waals surface area contributed by atoms with Gasteiger partial charge < -0.3 is 18.9 Å². The number of ether oxygens (including phenoxy) is 4. The Morgan fingerprint density at radius 2 is 1.90 bits per heavy atom. The topological polar surface area (TPSA) is 57.3 Å². The third-order valence-electron chi connectivity index (χ3n) is 3.44. The van der Waals surface area contributed by atoms with Gasteiger partial charge in [-0.25, -0.2) is 4.79 Å². The average molecular weight is 345 g/mol. The van der Waals surface area contributed by atoms with Gasteiger partial charge in [-0.15, -0.1) is 0 Å². The first-order valence-electron chi connectivity index (χ1n) is 6.14. The van der Waals surface area contributed by atoms with Crippen molar-refractivity contribution in [1.29, 1.82) is 0 Å². The summed E-state index contributed by atoms with van der Waals surface area (Å²) in [7, 11) is 4.46. The fourth-order valence-corrected chi connectivity index (χ4v) is 2.52. The Bertz CT molecular complexity index is 471. The van der Waals surface area contributed by atoms with Crippen molar-refractivity contribution in [2.45, 2.75) is 24.4 Å². The number of halogens is 1. The number of carbonyl (C=O) groups is 1. The van der Waals surface area contributed by atoms with E-state index in [-0.39, 0.29) is 5.97 Å². The average Bonchev–Trinajstić information content (AvgIpc) is 3.20. The first kappa shape index (κ1) is 15.4. The Balaban J connectivity index is 2.27. The largest absolute Gasteiger partial charge is 0.467 e. The van der Waals surface area contributed by atoms with E-state index in [4.69, 9.17) is 18.9 Å². The van der Waals surface area contributed by atoms with Crippen molar-refractivity contribution in [3.05, 3.63) is 34.3 Å². The van der Waals surface area contributed by atoms with E-state index >= 15 is 0 Å². The van der Waals surface area contributed by atoms with Crippen molar-refractivity contribution >= 4 is 21.9 Å². The predicted octanol–water partition coefficient (Wildman–Crippen LogP) is 2.23. The van der Waals surface area contributed by atoms with E-state index in [0.717, 1.165) is 10.0 Å². The SMILES string of the molecule is COC(=O)C1OC1(CC(OC)OC)c1ccc(Br)cc1. The molecule has 2 unspecified atom stereocenters. The molecular weight excluding hydrogens is 328 g/mol. The smallest absolute Gasteiger partial charge is 0.338 e. The molecule has 1 aromatic rings. The number of benzene rings is 1. The van der Waals surface area contributed by atoms with E-state index in [0.29, 0.717) is 6.42 Å². The highest BCUT2D eigenvalue weighted by molar-refractivity contribution is 9.10. The van der Waals surface area contributed by atoms with Crippen LogP contribution in [0, 0.1) is 0 Å². The number of epoxide rings is 1. The van der Waals surface area contributed by atoms with E-state index in [2.05, 4.69) is 15.9 Å². The van der Waals surface area contributed by atoms with Crippen LogP contribution in [0.5, 0.6) is 0 Å². The van der Waals surface area contributed by atoms with Crippen molar-refractivity contribution in [2.24, 2.45) is 0 Å². The summed E-state index contributed by atoms with van der Waals surface area (Å²) in [6.07, 6.45) is -0.656. The second-order valence-electron chi connectivity index (χ2n) is 4.52. The molecule has 1 aliphatic heterocycles. The van der Waals surface area contributed by atoms with Crippen molar-refractivity contribution in [2.75, 3.05) is 21.3 Å². The lowest BCUT2D eigenvalue weighted by atomic mass is 9.91. The molecule has 2 rings (SSSR count). The molecule has 0 aliphatic carbocycles. The molecule has 1 aliphatic rings. The summed E-state index contributed by atoms with van der Waals surface area (Å²) in [4.78, 5) is 11.7. The number of hydrogen-bond acceptors (Lipinski definition) is 5. The molecule has 1 saturated heterocycles. The van der Waals surface area contributed by atoms with Crippen LogP contribution in [0.15, 0.2) is 28.7 Å². The second kappa shape index (κ2) is 6.22. The van der Waals surface area contributed by atoms with Gasteiger partial charge in [-0.1, -0.05) is 28.1 Å². The zero-order chi connectivity index (χ0) is 14.8. The van der Waals surface area contributed by atoms with Gasteiger partial charge in [0.25, 0.3) is 0 Å².